The first-order valence-electron chi connectivity index (χ1n) is 8.48. The Morgan fingerprint density at radius 1 is 1.33 bits per heavy atom. The Bertz CT molecular complexity index is 757. The molecule has 0 spiro atoms. The van der Waals surface area contributed by atoms with E-state index >= 15 is 0 Å². The fraction of sp³-hybridized carbons (Fsp3) is 0.500. The summed E-state index contributed by atoms with van der Waals surface area (Å²) >= 11 is 0. The molecule has 1 aliphatic heterocycles. The van der Waals surface area contributed by atoms with Gasteiger partial charge in [0, 0.05) is 12.5 Å². The summed E-state index contributed by atoms with van der Waals surface area (Å²) in [6.07, 6.45) is 0.717. The molecule has 0 radical (unpaired) electrons. The highest BCUT2D eigenvalue weighted by molar-refractivity contribution is 5.83. The van der Waals surface area contributed by atoms with Gasteiger partial charge in [-0.3, -0.25) is 9.89 Å². The summed E-state index contributed by atoms with van der Waals surface area (Å²) < 4.78 is 5.75. The number of ether oxygens (including phenoxy) is 1. The van der Waals surface area contributed by atoms with Crippen LogP contribution in [0.25, 0.3) is 0 Å². The van der Waals surface area contributed by atoms with E-state index in [9.17, 15) is 4.79 Å². The van der Waals surface area contributed by atoms with Gasteiger partial charge in [-0.2, -0.15) is 5.10 Å². The smallest absolute Gasteiger partial charge is 0.226 e. The van der Waals surface area contributed by atoms with Crippen molar-refractivity contribution in [2.45, 2.75) is 32.3 Å². The zero-order valence-electron chi connectivity index (χ0n) is 14.0. The van der Waals surface area contributed by atoms with Crippen molar-refractivity contribution in [1.29, 1.82) is 0 Å². The first-order valence-corrected chi connectivity index (χ1v) is 8.48. The molecule has 1 saturated carbocycles. The van der Waals surface area contributed by atoms with Gasteiger partial charge in [0.25, 0.3) is 0 Å². The van der Waals surface area contributed by atoms with Crippen molar-refractivity contribution in [2.24, 2.45) is 5.92 Å². The third-order valence-corrected chi connectivity index (χ3v) is 4.98. The average molecular weight is 326 g/mol. The second-order valence-corrected chi connectivity index (χ2v) is 6.73. The lowest BCUT2D eigenvalue weighted by Gasteiger charge is -2.32. The zero-order chi connectivity index (χ0) is 16.7. The predicted molar refractivity (Wildman–Crippen MR) is 88.4 cm³/mol. The molecule has 1 amide bonds. The molecule has 24 heavy (non-hydrogen) atoms. The molecule has 1 aliphatic carbocycles. The van der Waals surface area contributed by atoms with Gasteiger partial charge in [-0.05, 0) is 37.3 Å². The number of benzene rings is 1. The summed E-state index contributed by atoms with van der Waals surface area (Å²) in [7, 11) is 0. The minimum atomic E-state index is -0.233. The molecule has 1 aromatic carbocycles. The van der Waals surface area contributed by atoms with Crippen LogP contribution in [0.1, 0.15) is 41.2 Å². The highest BCUT2D eigenvalue weighted by Gasteiger charge is 2.47. The van der Waals surface area contributed by atoms with E-state index in [1.165, 1.54) is 11.1 Å². The van der Waals surface area contributed by atoms with Gasteiger partial charge in [-0.1, -0.05) is 24.3 Å². The molecule has 2 aromatic rings. The molecular weight excluding hydrogens is 304 g/mol. The maximum absolute atomic E-state index is 12.9. The quantitative estimate of drug-likeness (QED) is 0.938. The van der Waals surface area contributed by atoms with Crippen LogP contribution in [-0.2, 0) is 9.53 Å². The van der Waals surface area contributed by atoms with Gasteiger partial charge in [-0.15, -0.1) is 0 Å². The minimum Gasteiger partial charge on any atom is -0.366 e. The number of aromatic amines is 1. The van der Waals surface area contributed by atoms with Crippen molar-refractivity contribution in [3.05, 3.63) is 47.0 Å². The Kier molecular flexibility index (Phi) is 3.84. The van der Waals surface area contributed by atoms with E-state index in [-0.39, 0.29) is 17.9 Å². The lowest BCUT2D eigenvalue weighted by Crippen LogP contribution is -2.43. The Morgan fingerprint density at radius 3 is 2.92 bits per heavy atom. The first kappa shape index (κ1) is 15.3. The van der Waals surface area contributed by atoms with Crippen molar-refractivity contribution in [3.63, 3.8) is 0 Å². The number of rotatable bonds is 3. The number of morpholine rings is 1. The van der Waals surface area contributed by atoms with E-state index < -0.39 is 0 Å². The van der Waals surface area contributed by atoms with Crippen molar-refractivity contribution in [1.82, 2.24) is 20.1 Å². The fourth-order valence-electron chi connectivity index (χ4n) is 3.56. The van der Waals surface area contributed by atoms with Crippen LogP contribution in [0, 0.1) is 19.8 Å². The van der Waals surface area contributed by atoms with Gasteiger partial charge in [-0.25, -0.2) is 4.98 Å². The number of H-pyrrole nitrogens is 1. The van der Waals surface area contributed by atoms with Crippen LogP contribution in [0.5, 0.6) is 0 Å². The highest BCUT2D eigenvalue weighted by atomic mass is 16.5. The van der Waals surface area contributed by atoms with Crippen LogP contribution in [0.3, 0.4) is 0 Å². The molecule has 0 unspecified atom stereocenters. The number of aromatic nitrogens is 3. The van der Waals surface area contributed by atoms with Gasteiger partial charge >= 0.3 is 0 Å². The number of hydrogen-bond donors (Lipinski definition) is 1. The van der Waals surface area contributed by atoms with Crippen LogP contribution >= 0.6 is 0 Å². The average Bonchev–Trinajstić information content (AvgIpc) is 3.27. The van der Waals surface area contributed by atoms with Crippen LogP contribution < -0.4 is 0 Å². The number of hydrogen-bond acceptors (Lipinski definition) is 4. The monoisotopic (exact) mass is 326 g/mol. The molecule has 2 heterocycles. The van der Waals surface area contributed by atoms with Crippen molar-refractivity contribution >= 4 is 5.91 Å². The standard InChI is InChI=1S/C18H22N4O2/c1-11-5-3-4-6-13(11)14-9-15(14)18(23)22-7-8-24-16(10-22)17-19-12(2)20-21-17/h3-6,14-16H,7-10H2,1-2H3,(H,19,20,21)/t14-,15+,16-/m0/s1. The van der Waals surface area contributed by atoms with Crippen LogP contribution in [0.15, 0.2) is 24.3 Å². The molecule has 2 aliphatic rings. The number of nitrogens with one attached hydrogen (secondary N) is 1. The molecule has 1 aromatic heterocycles. The van der Waals surface area contributed by atoms with Gasteiger partial charge in [0.05, 0.1) is 13.2 Å². The largest absolute Gasteiger partial charge is 0.366 e. The van der Waals surface area contributed by atoms with Crippen LogP contribution in [0.2, 0.25) is 0 Å². The molecule has 4 rings (SSSR count). The molecule has 126 valence electrons. The Hall–Kier alpha value is -2.21. The van der Waals surface area contributed by atoms with E-state index in [0.29, 0.717) is 31.4 Å². The lowest BCUT2D eigenvalue weighted by molar-refractivity contribution is -0.140. The van der Waals surface area contributed by atoms with Crippen molar-refractivity contribution in [2.75, 3.05) is 19.7 Å². The third-order valence-electron chi connectivity index (χ3n) is 4.98. The third kappa shape index (κ3) is 2.82. The number of amides is 1. The molecular formula is C18H22N4O2. The number of aryl methyl sites for hydroxylation is 2. The lowest BCUT2D eigenvalue weighted by atomic mass is 10.0. The normalized spacial score (nSPS) is 26.4. The summed E-state index contributed by atoms with van der Waals surface area (Å²) in [6.45, 7) is 5.69. The highest BCUT2D eigenvalue weighted by Crippen LogP contribution is 2.49. The van der Waals surface area contributed by atoms with E-state index in [2.05, 4.69) is 40.3 Å². The molecule has 2 fully saturated rings. The van der Waals surface area contributed by atoms with Gasteiger partial charge in [0.15, 0.2) is 5.82 Å². The minimum absolute atomic E-state index is 0.110. The van der Waals surface area contributed by atoms with Gasteiger partial charge in [0.1, 0.15) is 11.9 Å². The number of carbonyl (C=O) groups excluding carboxylic acids is 1. The van der Waals surface area contributed by atoms with E-state index in [1.54, 1.807) is 0 Å². The van der Waals surface area contributed by atoms with Crippen molar-refractivity contribution in [3.8, 4) is 0 Å². The summed E-state index contributed by atoms with van der Waals surface area (Å²) in [5.41, 5.74) is 2.58. The van der Waals surface area contributed by atoms with E-state index in [0.717, 1.165) is 12.2 Å². The summed E-state index contributed by atoms with van der Waals surface area (Å²) in [5, 5.41) is 7.00. The van der Waals surface area contributed by atoms with E-state index in [4.69, 9.17) is 4.74 Å². The molecule has 3 atom stereocenters. The Balaban J connectivity index is 1.43. The number of nitrogens with zero attached hydrogens (tertiary/aromatic N) is 3. The summed E-state index contributed by atoms with van der Waals surface area (Å²) in [6, 6.07) is 8.36. The summed E-state index contributed by atoms with van der Waals surface area (Å²) in [5.74, 6) is 2.11. The second-order valence-electron chi connectivity index (χ2n) is 6.73. The molecule has 6 nitrogen and oxygen atoms in total. The molecule has 1 saturated heterocycles. The first-order chi connectivity index (χ1) is 11.6. The maximum atomic E-state index is 12.9. The summed E-state index contributed by atoms with van der Waals surface area (Å²) in [4.78, 5) is 19.1. The second kappa shape index (κ2) is 6.02. The zero-order valence-corrected chi connectivity index (χ0v) is 14.0. The molecule has 6 heteroatoms. The predicted octanol–water partition coefficient (Wildman–Crippen LogP) is 2.13. The van der Waals surface area contributed by atoms with Gasteiger partial charge in [0.2, 0.25) is 5.91 Å². The SMILES string of the molecule is Cc1nc([C@@H]2CN(C(=O)[C@@H]3C[C@H]3c3ccccc3C)CCO2)n[nH]1. The van der Waals surface area contributed by atoms with Gasteiger partial charge < -0.3 is 9.64 Å². The van der Waals surface area contributed by atoms with E-state index in [1.807, 2.05) is 17.9 Å². The maximum Gasteiger partial charge on any atom is 0.226 e. The Labute approximate surface area is 141 Å². The van der Waals surface area contributed by atoms with Crippen molar-refractivity contribution < 1.29 is 9.53 Å². The molecule has 0 bridgehead atoms. The Morgan fingerprint density at radius 2 is 2.17 bits per heavy atom. The number of carbonyl (C=O) groups is 1. The van der Waals surface area contributed by atoms with Crippen LogP contribution in [0.4, 0.5) is 0 Å². The topological polar surface area (TPSA) is 71.1 Å². The fourth-order valence-corrected chi connectivity index (χ4v) is 3.56. The molecule has 1 N–H and O–H groups in total. The van der Waals surface area contributed by atoms with Crippen LogP contribution in [-0.4, -0.2) is 45.7 Å².